The SMILES string of the molecule is O=CCc1ccc(-c2ccc(Br)cc2)nc1. The van der Waals surface area contributed by atoms with Crippen molar-refractivity contribution in [1.29, 1.82) is 0 Å². The summed E-state index contributed by atoms with van der Waals surface area (Å²) in [6, 6.07) is 11.8. The minimum absolute atomic E-state index is 0.424. The minimum Gasteiger partial charge on any atom is -0.303 e. The lowest BCUT2D eigenvalue weighted by Gasteiger charge is -2.01. The number of halogens is 1. The number of benzene rings is 1. The van der Waals surface area contributed by atoms with E-state index in [1.807, 2.05) is 36.4 Å². The Morgan fingerprint density at radius 3 is 2.44 bits per heavy atom. The third kappa shape index (κ3) is 2.55. The largest absolute Gasteiger partial charge is 0.303 e. The molecule has 1 aromatic heterocycles. The molecule has 0 bridgehead atoms. The number of pyridine rings is 1. The molecule has 2 nitrogen and oxygen atoms in total. The molecule has 2 rings (SSSR count). The van der Waals surface area contributed by atoms with Crippen molar-refractivity contribution in [2.45, 2.75) is 6.42 Å². The Balaban J connectivity index is 2.27. The van der Waals surface area contributed by atoms with E-state index in [2.05, 4.69) is 20.9 Å². The summed E-state index contributed by atoms with van der Waals surface area (Å²) in [6.45, 7) is 0. The van der Waals surface area contributed by atoms with E-state index in [0.29, 0.717) is 6.42 Å². The molecule has 0 aliphatic rings. The molecular formula is C13H10BrNO. The van der Waals surface area contributed by atoms with Gasteiger partial charge in [0.25, 0.3) is 0 Å². The molecule has 0 aliphatic carbocycles. The number of hydrogen-bond donors (Lipinski definition) is 0. The first-order valence-corrected chi connectivity index (χ1v) is 5.73. The van der Waals surface area contributed by atoms with Crippen molar-refractivity contribution in [1.82, 2.24) is 4.98 Å². The van der Waals surface area contributed by atoms with E-state index >= 15 is 0 Å². The molecule has 0 saturated heterocycles. The van der Waals surface area contributed by atoms with Crippen LogP contribution in [0.15, 0.2) is 47.1 Å². The van der Waals surface area contributed by atoms with Crippen molar-refractivity contribution in [3.05, 3.63) is 52.6 Å². The summed E-state index contributed by atoms with van der Waals surface area (Å²) in [5.41, 5.74) is 2.93. The van der Waals surface area contributed by atoms with E-state index in [1.165, 1.54) is 0 Å². The second kappa shape index (κ2) is 5.03. The first-order valence-electron chi connectivity index (χ1n) is 4.94. The monoisotopic (exact) mass is 275 g/mol. The van der Waals surface area contributed by atoms with Crippen LogP contribution in [-0.4, -0.2) is 11.3 Å². The Morgan fingerprint density at radius 1 is 1.12 bits per heavy atom. The highest BCUT2D eigenvalue weighted by molar-refractivity contribution is 9.10. The highest BCUT2D eigenvalue weighted by Gasteiger charge is 1.99. The lowest BCUT2D eigenvalue weighted by atomic mass is 10.1. The number of carbonyl (C=O) groups excluding carboxylic acids is 1. The van der Waals surface area contributed by atoms with Gasteiger partial charge < -0.3 is 4.79 Å². The summed E-state index contributed by atoms with van der Waals surface area (Å²) >= 11 is 3.39. The zero-order valence-corrected chi connectivity index (χ0v) is 10.1. The lowest BCUT2D eigenvalue weighted by Crippen LogP contribution is -1.89. The summed E-state index contributed by atoms with van der Waals surface area (Å²) in [5, 5.41) is 0. The van der Waals surface area contributed by atoms with Crippen LogP contribution in [0.5, 0.6) is 0 Å². The minimum atomic E-state index is 0.424. The molecule has 3 heteroatoms. The molecular weight excluding hydrogens is 266 g/mol. The molecule has 0 fully saturated rings. The quantitative estimate of drug-likeness (QED) is 0.805. The van der Waals surface area contributed by atoms with Crippen LogP contribution >= 0.6 is 15.9 Å². The van der Waals surface area contributed by atoms with Gasteiger partial charge in [-0.3, -0.25) is 4.98 Å². The standard InChI is InChI=1S/C13H10BrNO/c14-12-4-2-11(3-5-12)13-6-1-10(7-8-16)9-15-13/h1-6,8-9H,7H2. The predicted octanol–water partition coefficient (Wildman–Crippen LogP) is 3.25. The van der Waals surface area contributed by atoms with Crippen LogP contribution in [0.25, 0.3) is 11.3 Å². The first-order chi connectivity index (χ1) is 7.79. The third-order valence-corrected chi connectivity index (χ3v) is 2.81. The van der Waals surface area contributed by atoms with Crippen molar-refractivity contribution in [3.63, 3.8) is 0 Å². The Labute approximate surface area is 102 Å². The van der Waals surface area contributed by atoms with E-state index in [1.54, 1.807) is 6.20 Å². The molecule has 0 N–H and O–H groups in total. The van der Waals surface area contributed by atoms with E-state index in [4.69, 9.17) is 0 Å². The number of carbonyl (C=O) groups is 1. The van der Waals surface area contributed by atoms with E-state index in [0.717, 1.165) is 27.6 Å². The molecule has 0 radical (unpaired) electrons. The van der Waals surface area contributed by atoms with Crippen LogP contribution in [-0.2, 0) is 11.2 Å². The maximum absolute atomic E-state index is 10.3. The van der Waals surface area contributed by atoms with Gasteiger partial charge in [-0.15, -0.1) is 0 Å². The zero-order chi connectivity index (χ0) is 11.4. The van der Waals surface area contributed by atoms with Crippen LogP contribution in [0.4, 0.5) is 0 Å². The van der Waals surface area contributed by atoms with Crippen molar-refractivity contribution < 1.29 is 4.79 Å². The number of nitrogens with zero attached hydrogens (tertiary/aromatic N) is 1. The fraction of sp³-hybridized carbons (Fsp3) is 0.0769. The molecule has 1 heterocycles. The molecule has 0 saturated carbocycles. The predicted molar refractivity (Wildman–Crippen MR) is 67.1 cm³/mol. The molecule has 80 valence electrons. The normalized spacial score (nSPS) is 10.1. The summed E-state index contributed by atoms with van der Waals surface area (Å²) in [7, 11) is 0. The maximum atomic E-state index is 10.3. The molecule has 16 heavy (non-hydrogen) atoms. The van der Waals surface area contributed by atoms with Gasteiger partial charge in [-0.1, -0.05) is 34.1 Å². The Hall–Kier alpha value is -1.48. The van der Waals surface area contributed by atoms with E-state index in [9.17, 15) is 4.79 Å². The number of hydrogen-bond acceptors (Lipinski definition) is 2. The van der Waals surface area contributed by atoms with Gasteiger partial charge in [0.15, 0.2) is 0 Å². The van der Waals surface area contributed by atoms with Crippen molar-refractivity contribution in [3.8, 4) is 11.3 Å². The van der Waals surface area contributed by atoms with Gasteiger partial charge in [-0.05, 0) is 23.8 Å². The van der Waals surface area contributed by atoms with Crippen molar-refractivity contribution >= 4 is 22.2 Å². The topological polar surface area (TPSA) is 30.0 Å². The van der Waals surface area contributed by atoms with Gasteiger partial charge in [-0.2, -0.15) is 0 Å². The number of aldehydes is 1. The molecule has 1 aromatic carbocycles. The molecule has 0 spiro atoms. The van der Waals surface area contributed by atoms with Gasteiger partial charge in [0.05, 0.1) is 5.69 Å². The highest BCUT2D eigenvalue weighted by atomic mass is 79.9. The third-order valence-electron chi connectivity index (χ3n) is 2.28. The first kappa shape index (κ1) is 11.0. The molecule has 0 aliphatic heterocycles. The van der Waals surface area contributed by atoms with Gasteiger partial charge in [0.1, 0.15) is 6.29 Å². The van der Waals surface area contributed by atoms with Crippen LogP contribution in [0, 0.1) is 0 Å². The van der Waals surface area contributed by atoms with E-state index in [-0.39, 0.29) is 0 Å². The molecule has 0 atom stereocenters. The second-order valence-corrected chi connectivity index (χ2v) is 4.35. The fourth-order valence-corrected chi connectivity index (χ4v) is 1.70. The van der Waals surface area contributed by atoms with Gasteiger partial charge in [0, 0.05) is 22.7 Å². The van der Waals surface area contributed by atoms with E-state index < -0.39 is 0 Å². The Kier molecular flexibility index (Phi) is 3.47. The maximum Gasteiger partial charge on any atom is 0.124 e. The lowest BCUT2D eigenvalue weighted by molar-refractivity contribution is -0.107. The second-order valence-electron chi connectivity index (χ2n) is 3.43. The molecule has 0 unspecified atom stereocenters. The van der Waals surface area contributed by atoms with Crippen molar-refractivity contribution in [2.24, 2.45) is 0 Å². The van der Waals surface area contributed by atoms with Gasteiger partial charge in [0.2, 0.25) is 0 Å². The zero-order valence-electron chi connectivity index (χ0n) is 8.56. The summed E-state index contributed by atoms with van der Waals surface area (Å²) in [5.74, 6) is 0. The van der Waals surface area contributed by atoms with Crippen LogP contribution < -0.4 is 0 Å². The van der Waals surface area contributed by atoms with Crippen LogP contribution in [0.2, 0.25) is 0 Å². The molecule has 2 aromatic rings. The fourth-order valence-electron chi connectivity index (χ4n) is 1.43. The highest BCUT2D eigenvalue weighted by Crippen LogP contribution is 2.19. The Morgan fingerprint density at radius 2 is 1.88 bits per heavy atom. The Bertz CT molecular complexity index is 476. The smallest absolute Gasteiger partial charge is 0.124 e. The summed E-state index contributed by atoms with van der Waals surface area (Å²) in [6.07, 6.45) is 3.05. The van der Waals surface area contributed by atoms with Gasteiger partial charge in [-0.25, -0.2) is 0 Å². The number of aromatic nitrogens is 1. The average Bonchev–Trinajstić information content (AvgIpc) is 2.32. The van der Waals surface area contributed by atoms with Crippen molar-refractivity contribution in [2.75, 3.05) is 0 Å². The number of rotatable bonds is 3. The summed E-state index contributed by atoms with van der Waals surface area (Å²) < 4.78 is 1.05. The molecule has 0 amide bonds. The van der Waals surface area contributed by atoms with Crippen LogP contribution in [0.1, 0.15) is 5.56 Å². The van der Waals surface area contributed by atoms with Crippen LogP contribution in [0.3, 0.4) is 0 Å². The summed E-state index contributed by atoms with van der Waals surface area (Å²) in [4.78, 5) is 14.7. The average molecular weight is 276 g/mol. The van der Waals surface area contributed by atoms with Gasteiger partial charge >= 0.3 is 0 Å².